The molecule has 0 saturated carbocycles. The number of nitrogens with one attached hydrogen (secondary N) is 3. The highest BCUT2D eigenvalue weighted by Gasteiger charge is 2.11. The lowest BCUT2D eigenvalue weighted by Crippen LogP contribution is -2.12. The number of fused-ring (bicyclic) bond motifs is 2. The third-order valence-electron chi connectivity index (χ3n) is 5.13. The molecular weight excluding hydrogens is 358 g/mol. The Bertz CT molecular complexity index is 1340. The van der Waals surface area contributed by atoms with Crippen LogP contribution < -0.4 is 5.32 Å². The minimum atomic E-state index is 0.622. The average Bonchev–Trinajstić information content (AvgIpc) is 3.37. The van der Waals surface area contributed by atoms with Crippen molar-refractivity contribution >= 4 is 21.8 Å². The van der Waals surface area contributed by atoms with Gasteiger partial charge in [0.2, 0.25) is 0 Å². The summed E-state index contributed by atoms with van der Waals surface area (Å²) >= 11 is 0. The molecule has 5 aromatic rings. The first-order chi connectivity index (χ1) is 14.3. The van der Waals surface area contributed by atoms with Crippen LogP contribution in [0.15, 0.2) is 72.8 Å². The fraction of sp³-hybridized carbons (Fsp3) is 0.0833. The molecule has 0 unspecified atom stereocenters. The second kappa shape index (κ2) is 7.27. The third kappa shape index (κ3) is 3.38. The fourth-order valence-electron chi connectivity index (χ4n) is 3.66. The Morgan fingerprint density at radius 3 is 2.59 bits per heavy atom. The highest BCUT2D eigenvalue weighted by molar-refractivity contribution is 5.96. The smallest absolute Gasteiger partial charge is 0.116 e. The molecule has 29 heavy (non-hydrogen) atoms. The van der Waals surface area contributed by atoms with Gasteiger partial charge in [0, 0.05) is 29.4 Å². The van der Waals surface area contributed by atoms with Crippen LogP contribution in [-0.2, 0) is 13.1 Å². The Morgan fingerprint density at radius 2 is 1.72 bits per heavy atom. The number of rotatable bonds is 5. The van der Waals surface area contributed by atoms with E-state index in [4.69, 9.17) is 5.26 Å². The van der Waals surface area contributed by atoms with E-state index in [0.717, 1.165) is 46.3 Å². The molecular formula is C24H19N5. The number of aromatic amines is 2. The minimum absolute atomic E-state index is 0.622. The van der Waals surface area contributed by atoms with Crippen molar-refractivity contribution in [3.8, 4) is 17.5 Å². The normalized spacial score (nSPS) is 11.1. The molecule has 0 saturated heterocycles. The Labute approximate surface area is 168 Å². The summed E-state index contributed by atoms with van der Waals surface area (Å²) in [5.74, 6) is 0. The molecule has 3 aromatic carbocycles. The summed E-state index contributed by atoms with van der Waals surface area (Å²) < 4.78 is 0. The van der Waals surface area contributed by atoms with Crippen LogP contribution in [0.5, 0.6) is 0 Å². The van der Waals surface area contributed by atoms with Gasteiger partial charge in [-0.15, -0.1) is 0 Å². The number of nitrogens with zero attached hydrogens (tertiary/aromatic N) is 2. The van der Waals surface area contributed by atoms with Gasteiger partial charge in [-0.3, -0.25) is 5.10 Å². The Hall–Kier alpha value is -3.88. The highest BCUT2D eigenvalue weighted by atomic mass is 15.1. The molecule has 140 valence electrons. The van der Waals surface area contributed by atoms with E-state index in [-0.39, 0.29) is 0 Å². The minimum Gasteiger partial charge on any atom is -0.353 e. The van der Waals surface area contributed by atoms with Gasteiger partial charge in [0.05, 0.1) is 22.8 Å². The van der Waals surface area contributed by atoms with E-state index in [9.17, 15) is 0 Å². The van der Waals surface area contributed by atoms with Crippen molar-refractivity contribution in [2.24, 2.45) is 0 Å². The lowest BCUT2D eigenvalue weighted by molar-refractivity contribution is 0.694. The molecule has 2 heterocycles. The topological polar surface area (TPSA) is 80.3 Å². The molecule has 0 aliphatic rings. The van der Waals surface area contributed by atoms with Crippen molar-refractivity contribution in [1.29, 1.82) is 5.26 Å². The maximum atomic E-state index is 9.07. The molecule has 0 bridgehead atoms. The van der Waals surface area contributed by atoms with E-state index >= 15 is 0 Å². The lowest BCUT2D eigenvalue weighted by atomic mass is 10.1. The van der Waals surface area contributed by atoms with E-state index < -0.39 is 0 Å². The van der Waals surface area contributed by atoms with Gasteiger partial charge in [0.1, 0.15) is 5.69 Å². The zero-order chi connectivity index (χ0) is 19.6. The number of benzene rings is 3. The zero-order valence-electron chi connectivity index (χ0n) is 15.7. The first kappa shape index (κ1) is 17.2. The van der Waals surface area contributed by atoms with Gasteiger partial charge in [0.15, 0.2) is 0 Å². The summed E-state index contributed by atoms with van der Waals surface area (Å²) in [6.07, 6.45) is 0. The van der Waals surface area contributed by atoms with E-state index in [1.165, 1.54) is 11.1 Å². The molecule has 0 atom stereocenters. The maximum Gasteiger partial charge on any atom is 0.116 e. The van der Waals surface area contributed by atoms with Crippen LogP contribution in [0.25, 0.3) is 33.2 Å². The molecule has 0 aliphatic carbocycles. The summed E-state index contributed by atoms with van der Waals surface area (Å²) in [5.41, 5.74) is 6.92. The standard InChI is InChI=1S/C24H19N5/c25-13-17-6-8-20-22(11-17)28-29-24(20)23-12-19-10-18(7-9-21(19)27-23)15-26-14-16-4-2-1-3-5-16/h1-12,26-27H,14-15H2,(H,28,29). The zero-order valence-corrected chi connectivity index (χ0v) is 15.7. The average molecular weight is 377 g/mol. The highest BCUT2D eigenvalue weighted by Crippen LogP contribution is 2.29. The summed E-state index contributed by atoms with van der Waals surface area (Å²) in [4.78, 5) is 3.46. The number of H-pyrrole nitrogens is 2. The largest absolute Gasteiger partial charge is 0.353 e. The van der Waals surface area contributed by atoms with Crippen LogP contribution in [0.2, 0.25) is 0 Å². The molecule has 0 radical (unpaired) electrons. The summed E-state index contributed by atoms with van der Waals surface area (Å²) in [6.45, 7) is 1.66. The number of nitriles is 1. The predicted molar refractivity (Wildman–Crippen MR) is 115 cm³/mol. The number of hydrogen-bond acceptors (Lipinski definition) is 3. The van der Waals surface area contributed by atoms with Crippen LogP contribution in [0.4, 0.5) is 0 Å². The molecule has 5 rings (SSSR count). The van der Waals surface area contributed by atoms with Crippen LogP contribution in [0.1, 0.15) is 16.7 Å². The first-order valence-electron chi connectivity index (χ1n) is 9.55. The van der Waals surface area contributed by atoms with Crippen LogP contribution >= 0.6 is 0 Å². The molecule has 3 N–H and O–H groups in total. The SMILES string of the molecule is N#Cc1ccc2c(-c3cc4cc(CNCc5ccccc5)ccc4[nH]3)n[nH]c2c1. The second-order valence-electron chi connectivity index (χ2n) is 7.14. The quantitative estimate of drug-likeness (QED) is 0.409. The fourth-order valence-corrected chi connectivity index (χ4v) is 3.66. The monoisotopic (exact) mass is 377 g/mol. The molecule has 0 spiro atoms. The van der Waals surface area contributed by atoms with Gasteiger partial charge in [-0.25, -0.2) is 0 Å². The second-order valence-corrected chi connectivity index (χ2v) is 7.14. The molecule has 0 amide bonds. The van der Waals surface area contributed by atoms with Gasteiger partial charge < -0.3 is 10.3 Å². The summed E-state index contributed by atoms with van der Waals surface area (Å²) in [6, 6.07) is 26.7. The lowest BCUT2D eigenvalue weighted by Gasteiger charge is -2.05. The van der Waals surface area contributed by atoms with Crippen molar-refractivity contribution < 1.29 is 0 Å². The molecule has 0 aliphatic heterocycles. The van der Waals surface area contributed by atoms with Gasteiger partial charge in [0.25, 0.3) is 0 Å². The van der Waals surface area contributed by atoms with Crippen molar-refractivity contribution in [2.75, 3.05) is 0 Å². The van der Waals surface area contributed by atoms with Crippen LogP contribution in [0, 0.1) is 11.3 Å². The Kier molecular flexibility index (Phi) is 4.32. The van der Waals surface area contributed by atoms with Crippen LogP contribution in [0.3, 0.4) is 0 Å². The molecule has 2 aromatic heterocycles. The van der Waals surface area contributed by atoms with E-state index in [1.807, 2.05) is 24.3 Å². The van der Waals surface area contributed by atoms with Gasteiger partial charge in [-0.2, -0.15) is 10.4 Å². The Balaban J connectivity index is 1.39. The summed E-state index contributed by atoms with van der Waals surface area (Å²) in [7, 11) is 0. The van der Waals surface area contributed by atoms with E-state index in [0.29, 0.717) is 5.56 Å². The third-order valence-corrected chi connectivity index (χ3v) is 5.13. The van der Waals surface area contributed by atoms with E-state index in [2.05, 4.69) is 75.1 Å². The van der Waals surface area contributed by atoms with Crippen LogP contribution in [-0.4, -0.2) is 15.2 Å². The van der Waals surface area contributed by atoms with Crippen molar-refractivity contribution in [3.63, 3.8) is 0 Å². The summed E-state index contributed by atoms with van der Waals surface area (Å²) in [5, 5.41) is 22.2. The van der Waals surface area contributed by atoms with Gasteiger partial charge >= 0.3 is 0 Å². The number of aromatic nitrogens is 3. The maximum absolute atomic E-state index is 9.07. The van der Waals surface area contributed by atoms with Gasteiger partial charge in [-0.05, 0) is 47.5 Å². The predicted octanol–water partition coefficient (Wildman–Crippen LogP) is 4.87. The molecule has 5 nitrogen and oxygen atoms in total. The van der Waals surface area contributed by atoms with Gasteiger partial charge in [-0.1, -0.05) is 36.4 Å². The van der Waals surface area contributed by atoms with E-state index in [1.54, 1.807) is 0 Å². The Morgan fingerprint density at radius 1 is 0.862 bits per heavy atom. The van der Waals surface area contributed by atoms with Crippen molar-refractivity contribution in [2.45, 2.75) is 13.1 Å². The molecule has 0 fully saturated rings. The van der Waals surface area contributed by atoms with Crippen molar-refractivity contribution in [1.82, 2.24) is 20.5 Å². The van der Waals surface area contributed by atoms with Crippen molar-refractivity contribution in [3.05, 3.63) is 89.5 Å². The number of hydrogen-bond donors (Lipinski definition) is 3. The first-order valence-corrected chi connectivity index (χ1v) is 9.55. The molecule has 5 heteroatoms.